The molecule has 0 saturated heterocycles. The van der Waals surface area contributed by atoms with Gasteiger partial charge in [0.25, 0.3) is 0 Å². The van der Waals surface area contributed by atoms with E-state index in [-0.39, 0.29) is 11.3 Å². The van der Waals surface area contributed by atoms with E-state index < -0.39 is 11.7 Å². The molecule has 6 heteroatoms. The number of carbonyl (C=O) groups is 1. The number of carbonyl (C=O) groups excluding carboxylic acids is 1. The predicted molar refractivity (Wildman–Crippen MR) is 67.9 cm³/mol. The van der Waals surface area contributed by atoms with Crippen molar-refractivity contribution in [3.63, 3.8) is 0 Å². The van der Waals surface area contributed by atoms with E-state index in [0.29, 0.717) is 0 Å². The van der Waals surface area contributed by atoms with Crippen molar-refractivity contribution in [2.75, 3.05) is 0 Å². The van der Waals surface area contributed by atoms with E-state index >= 15 is 0 Å². The van der Waals surface area contributed by atoms with Crippen molar-refractivity contribution in [3.05, 3.63) is 58.2 Å². The van der Waals surface area contributed by atoms with Gasteiger partial charge >= 0.3 is 5.91 Å². The van der Waals surface area contributed by atoms with Crippen LogP contribution in [0.1, 0.15) is 16.1 Å². The number of amides is 1. The normalized spacial score (nSPS) is 10.8. The molecular weight excluding hydrogens is 303 g/mol. The Bertz CT molecular complexity index is 582. The van der Waals surface area contributed by atoms with Gasteiger partial charge in [-0.2, -0.15) is 5.10 Å². The number of nitrogens with one attached hydrogen (secondary N) is 1. The summed E-state index contributed by atoms with van der Waals surface area (Å²) in [6.45, 7) is 0. The lowest BCUT2D eigenvalue weighted by atomic mass is 10.2. The van der Waals surface area contributed by atoms with E-state index in [2.05, 4.69) is 26.5 Å². The summed E-state index contributed by atoms with van der Waals surface area (Å²) in [7, 11) is 0. The fraction of sp³-hybridized carbons (Fsp3) is 0. The van der Waals surface area contributed by atoms with E-state index in [1.807, 2.05) is 0 Å². The van der Waals surface area contributed by atoms with Gasteiger partial charge < -0.3 is 4.42 Å². The number of halogens is 2. The third kappa shape index (κ3) is 3.04. The monoisotopic (exact) mass is 310 g/mol. The molecule has 1 N–H and O–H groups in total. The van der Waals surface area contributed by atoms with E-state index in [4.69, 9.17) is 4.42 Å². The molecule has 1 aromatic heterocycles. The van der Waals surface area contributed by atoms with Crippen LogP contribution >= 0.6 is 15.9 Å². The highest BCUT2D eigenvalue weighted by Crippen LogP contribution is 2.13. The average Bonchev–Trinajstić information content (AvgIpc) is 2.87. The molecule has 1 aromatic carbocycles. The largest absolute Gasteiger partial charge is 0.459 e. The SMILES string of the molecule is O=C(N/N=C\c1cc(Br)ccc1F)c1ccco1. The maximum Gasteiger partial charge on any atom is 0.307 e. The first-order valence-corrected chi connectivity index (χ1v) is 5.78. The Labute approximate surface area is 111 Å². The summed E-state index contributed by atoms with van der Waals surface area (Å²) in [4.78, 5) is 11.4. The van der Waals surface area contributed by atoms with Gasteiger partial charge in [0, 0.05) is 10.0 Å². The number of hydrogen-bond acceptors (Lipinski definition) is 3. The second kappa shape index (κ2) is 5.59. The van der Waals surface area contributed by atoms with E-state index in [9.17, 15) is 9.18 Å². The van der Waals surface area contributed by atoms with Gasteiger partial charge in [-0.1, -0.05) is 15.9 Å². The lowest BCUT2D eigenvalue weighted by Gasteiger charge is -1.98. The van der Waals surface area contributed by atoms with Gasteiger partial charge in [0.05, 0.1) is 12.5 Å². The number of benzene rings is 1. The van der Waals surface area contributed by atoms with Crippen molar-refractivity contribution in [2.45, 2.75) is 0 Å². The topological polar surface area (TPSA) is 54.6 Å². The third-order valence-corrected chi connectivity index (χ3v) is 2.57. The fourth-order valence-corrected chi connectivity index (χ4v) is 1.62. The molecule has 0 spiro atoms. The molecule has 0 radical (unpaired) electrons. The van der Waals surface area contributed by atoms with E-state index in [0.717, 1.165) is 4.47 Å². The second-order valence-corrected chi connectivity index (χ2v) is 4.26. The Morgan fingerprint density at radius 1 is 1.44 bits per heavy atom. The summed E-state index contributed by atoms with van der Waals surface area (Å²) in [5.41, 5.74) is 2.50. The van der Waals surface area contributed by atoms with Crippen molar-refractivity contribution < 1.29 is 13.6 Å². The van der Waals surface area contributed by atoms with Crippen molar-refractivity contribution in [1.29, 1.82) is 0 Å². The summed E-state index contributed by atoms with van der Waals surface area (Å²) >= 11 is 3.22. The van der Waals surface area contributed by atoms with Crippen LogP contribution in [0.25, 0.3) is 0 Å². The quantitative estimate of drug-likeness (QED) is 0.700. The third-order valence-electron chi connectivity index (χ3n) is 2.07. The van der Waals surface area contributed by atoms with Gasteiger partial charge in [0.1, 0.15) is 5.82 Å². The van der Waals surface area contributed by atoms with Gasteiger partial charge in [-0.3, -0.25) is 4.79 Å². The Morgan fingerprint density at radius 2 is 2.28 bits per heavy atom. The molecule has 1 heterocycles. The first kappa shape index (κ1) is 12.5. The van der Waals surface area contributed by atoms with Crippen LogP contribution in [-0.4, -0.2) is 12.1 Å². The van der Waals surface area contributed by atoms with Crippen LogP contribution < -0.4 is 5.43 Å². The fourth-order valence-electron chi connectivity index (χ4n) is 1.24. The predicted octanol–water partition coefficient (Wildman–Crippen LogP) is 2.95. The molecule has 4 nitrogen and oxygen atoms in total. The van der Waals surface area contributed by atoms with Gasteiger partial charge in [-0.25, -0.2) is 9.82 Å². The molecule has 0 saturated carbocycles. The minimum Gasteiger partial charge on any atom is -0.459 e. The van der Waals surface area contributed by atoms with Crippen LogP contribution in [0.15, 0.2) is 50.6 Å². The lowest BCUT2D eigenvalue weighted by Crippen LogP contribution is -2.16. The zero-order chi connectivity index (χ0) is 13.0. The minimum atomic E-state index is -0.494. The Morgan fingerprint density at radius 3 is 3.00 bits per heavy atom. The zero-order valence-electron chi connectivity index (χ0n) is 9.06. The molecule has 1 amide bonds. The maximum absolute atomic E-state index is 13.3. The summed E-state index contributed by atoms with van der Waals surface area (Å²) in [6.07, 6.45) is 2.60. The van der Waals surface area contributed by atoms with Gasteiger partial charge in [0.2, 0.25) is 0 Å². The molecule has 0 bridgehead atoms. The highest BCUT2D eigenvalue weighted by atomic mass is 79.9. The van der Waals surface area contributed by atoms with Crippen molar-refractivity contribution >= 4 is 28.1 Å². The number of nitrogens with zero attached hydrogens (tertiary/aromatic N) is 1. The van der Waals surface area contributed by atoms with Gasteiger partial charge in [-0.05, 0) is 30.3 Å². The summed E-state index contributed by atoms with van der Waals surface area (Å²) in [6, 6.07) is 7.53. The Kier molecular flexibility index (Phi) is 3.88. The summed E-state index contributed by atoms with van der Waals surface area (Å²) in [5.74, 6) is -0.775. The standard InChI is InChI=1S/C12H8BrFN2O2/c13-9-3-4-10(14)8(6-9)7-15-16-12(17)11-2-1-5-18-11/h1-7H,(H,16,17)/b15-7-. The second-order valence-electron chi connectivity index (χ2n) is 3.34. The van der Waals surface area contributed by atoms with E-state index in [1.54, 1.807) is 18.2 Å². The number of hydrazone groups is 1. The molecule has 18 heavy (non-hydrogen) atoms. The van der Waals surface area contributed by atoms with Crippen LogP contribution in [0.5, 0.6) is 0 Å². The first-order valence-electron chi connectivity index (χ1n) is 4.99. The number of hydrogen-bond donors (Lipinski definition) is 1. The number of furan rings is 1. The lowest BCUT2D eigenvalue weighted by molar-refractivity contribution is 0.0927. The first-order chi connectivity index (χ1) is 8.66. The van der Waals surface area contributed by atoms with Crippen LogP contribution in [-0.2, 0) is 0 Å². The Balaban J connectivity index is 2.03. The van der Waals surface area contributed by atoms with Crippen LogP contribution in [0.4, 0.5) is 4.39 Å². The molecule has 0 aliphatic rings. The van der Waals surface area contributed by atoms with Crippen LogP contribution in [0, 0.1) is 5.82 Å². The molecule has 0 fully saturated rings. The smallest absolute Gasteiger partial charge is 0.307 e. The average molecular weight is 311 g/mol. The molecule has 2 aromatic rings. The minimum absolute atomic E-state index is 0.141. The van der Waals surface area contributed by atoms with Crippen molar-refractivity contribution in [3.8, 4) is 0 Å². The van der Waals surface area contributed by atoms with E-state index in [1.165, 1.54) is 24.6 Å². The molecular formula is C12H8BrFN2O2. The molecule has 0 aliphatic carbocycles. The maximum atomic E-state index is 13.3. The van der Waals surface area contributed by atoms with Gasteiger partial charge in [-0.15, -0.1) is 0 Å². The van der Waals surface area contributed by atoms with Gasteiger partial charge in [0.15, 0.2) is 5.76 Å². The molecule has 92 valence electrons. The highest BCUT2D eigenvalue weighted by Gasteiger charge is 2.06. The van der Waals surface area contributed by atoms with Crippen LogP contribution in [0.2, 0.25) is 0 Å². The Hall–Kier alpha value is -1.95. The highest BCUT2D eigenvalue weighted by molar-refractivity contribution is 9.10. The van der Waals surface area contributed by atoms with Crippen molar-refractivity contribution in [2.24, 2.45) is 5.10 Å². The molecule has 2 rings (SSSR count). The number of rotatable bonds is 3. The molecule has 0 atom stereocenters. The van der Waals surface area contributed by atoms with Crippen LogP contribution in [0.3, 0.4) is 0 Å². The van der Waals surface area contributed by atoms with Crippen molar-refractivity contribution in [1.82, 2.24) is 5.43 Å². The summed E-state index contributed by atoms with van der Waals surface area (Å²) < 4.78 is 18.9. The zero-order valence-corrected chi connectivity index (χ0v) is 10.6. The molecule has 0 unspecified atom stereocenters. The molecule has 0 aliphatic heterocycles. The summed E-state index contributed by atoms with van der Waals surface area (Å²) in [5, 5.41) is 3.65.